The van der Waals surface area contributed by atoms with Gasteiger partial charge in [-0.2, -0.15) is 4.31 Å². The van der Waals surface area contributed by atoms with E-state index in [1.165, 1.54) is 27.0 Å². The van der Waals surface area contributed by atoms with Gasteiger partial charge in [0.05, 0.1) is 29.5 Å². The molecule has 0 aliphatic carbocycles. The fourth-order valence-electron chi connectivity index (χ4n) is 4.54. The second-order valence-electron chi connectivity index (χ2n) is 8.62. The molecule has 2 aromatic rings. The van der Waals surface area contributed by atoms with Crippen LogP contribution in [0.2, 0.25) is 0 Å². The molecule has 11 heteroatoms. The van der Waals surface area contributed by atoms with Gasteiger partial charge in [0.1, 0.15) is 6.54 Å². The first kappa shape index (κ1) is 24.1. The van der Waals surface area contributed by atoms with Crippen LogP contribution < -0.4 is 9.80 Å². The number of fused-ring (bicyclic) bond motifs is 1. The Labute approximate surface area is 209 Å². The molecule has 0 N–H and O–H groups in total. The smallest absolute Gasteiger partial charge is 0.243 e. The number of piperazine rings is 1. The molecule has 2 saturated heterocycles. The minimum absolute atomic E-state index is 0.0984. The van der Waals surface area contributed by atoms with Gasteiger partial charge >= 0.3 is 0 Å². The number of thioether (sulfide) groups is 1. The summed E-state index contributed by atoms with van der Waals surface area (Å²) in [7, 11) is -3.71. The predicted molar refractivity (Wildman–Crippen MR) is 134 cm³/mol. The summed E-state index contributed by atoms with van der Waals surface area (Å²) in [5, 5.41) is 0. The summed E-state index contributed by atoms with van der Waals surface area (Å²) in [6, 6.07) is 14.9. The average Bonchev–Trinajstić information content (AvgIpc) is 2.91. The van der Waals surface area contributed by atoms with E-state index < -0.39 is 10.0 Å². The van der Waals surface area contributed by atoms with E-state index in [4.69, 9.17) is 4.74 Å². The third-order valence-electron chi connectivity index (χ3n) is 6.53. The van der Waals surface area contributed by atoms with E-state index in [1.807, 2.05) is 18.2 Å². The summed E-state index contributed by atoms with van der Waals surface area (Å²) in [5.41, 5.74) is 1.61. The number of hydrogen-bond acceptors (Lipinski definition) is 7. The van der Waals surface area contributed by atoms with Crippen LogP contribution in [0.3, 0.4) is 0 Å². The molecular formula is C24H28N4O5S2. The minimum Gasteiger partial charge on any atom is -0.379 e. The van der Waals surface area contributed by atoms with Crippen LogP contribution in [0.1, 0.15) is 0 Å². The molecule has 0 bridgehead atoms. The summed E-state index contributed by atoms with van der Waals surface area (Å²) in [6.45, 7) is 3.79. The van der Waals surface area contributed by atoms with E-state index in [2.05, 4.69) is 17.0 Å². The predicted octanol–water partition coefficient (Wildman–Crippen LogP) is 1.50. The fraction of sp³-hybridized carbons (Fsp3) is 0.417. The molecule has 186 valence electrons. The quantitative estimate of drug-likeness (QED) is 0.595. The summed E-state index contributed by atoms with van der Waals surface area (Å²) >= 11 is 1.36. The molecule has 0 saturated carbocycles. The largest absolute Gasteiger partial charge is 0.379 e. The first-order chi connectivity index (χ1) is 16.9. The standard InChI is InChI=1S/C24H28N4O5S2/c29-23(26-10-8-25(9-11-26)19-4-2-1-3-5-19)17-28-21-16-20(6-7-22(21)34-18-24(28)30)35(31,32)27-12-14-33-15-13-27/h1-7,16H,8-15,17-18H2. The molecule has 2 aromatic carbocycles. The van der Waals surface area contributed by atoms with Crippen molar-refractivity contribution >= 4 is 45.0 Å². The van der Waals surface area contributed by atoms with Crippen molar-refractivity contribution in [2.45, 2.75) is 9.79 Å². The fourth-order valence-corrected chi connectivity index (χ4v) is 6.88. The first-order valence-corrected chi connectivity index (χ1v) is 14.1. The molecule has 35 heavy (non-hydrogen) atoms. The lowest BCUT2D eigenvalue weighted by Gasteiger charge is -2.37. The maximum Gasteiger partial charge on any atom is 0.243 e. The van der Waals surface area contributed by atoms with Crippen LogP contribution in [-0.2, 0) is 24.3 Å². The first-order valence-electron chi connectivity index (χ1n) is 11.7. The second-order valence-corrected chi connectivity index (χ2v) is 11.6. The van der Waals surface area contributed by atoms with Crippen molar-refractivity contribution in [1.29, 1.82) is 0 Å². The monoisotopic (exact) mass is 516 g/mol. The van der Waals surface area contributed by atoms with Crippen LogP contribution in [0, 0.1) is 0 Å². The Morgan fingerprint density at radius 2 is 1.66 bits per heavy atom. The van der Waals surface area contributed by atoms with E-state index in [1.54, 1.807) is 17.0 Å². The molecule has 3 aliphatic heterocycles. The number of ether oxygens (including phenoxy) is 1. The van der Waals surface area contributed by atoms with Gasteiger partial charge in [0.25, 0.3) is 0 Å². The van der Waals surface area contributed by atoms with Crippen molar-refractivity contribution in [3.8, 4) is 0 Å². The highest BCUT2D eigenvalue weighted by molar-refractivity contribution is 8.00. The highest BCUT2D eigenvalue weighted by atomic mass is 32.2. The van der Waals surface area contributed by atoms with E-state index in [9.17, 15) is 18.0 Å². The van der Waals surface area contributed by atoms with Gasteiger partial charge in [0, 0.05) is 49.9 Å². The maximum absolute atomic E-state index is 13.2. The zero-order valence-corrected chi connectivity index (χ0v) is 21.0. The highest BCUT2D eigenvalue weighted by Crippen LogP contribution is 2.37. The Hall–Kier alpha value is -2.60. The Balaban J connectivity index is 1.31. The minimum atomic E-state index is -3.71. The molecular weight excluding hydrogens is 488 g/mol. The molecule has 5 rings (SSSR count). The Bertz CT molecular complexity index is 1190. The van der Waals surface area contributed by atoms with Crippen molar-refractivity contribution in [2.75, 3.05) is 74.6 Å². The Kier molecular flexibility index (Phi) is 7.01. The molecule has 0 aromatic heterocycles. The van der Waals surface area contributed by atoms with Crippen LogP contribution in [0.25, 0.3) is 0 Å². The molecule has 3 aliphatic rings. The number of carbonyl (C=O) groups is 2. The number of benzene rings is 2. The van der Waals surface area contributed by atoms with Crippen LogP contribution in [0.5, 0.6) is 0 Å². The number of hydrogen-bond donors (Lipinski definition) is 0. The van der Waals surface area contributed by atoms with Gasteiger partial charge in [-0.1, -0.05) is 18.2 Å². The van der Waals surface area contributed by atoms with Crippen molar-refractivity contribution in [2.24, 2.45) is 0 Å². The molecule has 0 spiro atoms. The molecule has 2 fully saturated rings. The number of amides is 2. The number of rotatable bonds is 5. The number of para-hydroxylation sites is 1. The Morgan fingerprint density at radius 3 is 2.37 bits per heavy atom. The number of morpholine rings is 1. The van der Waals surface area contributed by atoms with E-state index in [-0.39, 0.29) is 29.0 Å². The normalized spacial score (nSPS) is 19.5. The molecule has 3 heterocycles. The summed E-state index contributed by atoms with van der Waals surface area (Å²) in [5.74, 6) is -0.109. The lowest BCUT2D eigenvalue weighted by atomic mass is 10.2. The summed E-state index contributed by atoms with van der Waals surface area (Å²) < 4.78 is 33.0. The number of carbonyl (C=O) groups excluding carboxylic acids is 2. The van der Waals surface area contributed by atoms with E-state index in [0.29, 0.717) is 45.1 Å². The van der Waals surface area contributed by atoms with Gasteiger partial charge in [-0.3, -0.25) is 9.59 Å². The van der Waals surface area contributed by atoms with Crippen LogP contribution in [0.15, 0.2) is 58.3 Å². The zero-order chi connectivity index (χ0) is 24.4. The maximum atomic E-state index is 13.2. The van der Waals surface area contributed by atoms with Crippen LogP contribution >= 0.6 is 11.8 Å². The lowest BCUT2D eigenvalue weighted by Crippen LogP contribution is -2.52. The Morgan fingerprint density at radius 1 is 0.943 bits per heavy atom. The zero-order valence-electron chi connectivity index (χ0n) is 19.3. The number of anilines is 2. The third kappa shape index (κ3) is 5.04. The van der Waals surface area contributed by atoms with Gasteiger partial charge in [0.15, 0.2) is 0 Å². The highest BCUT2D eigenvalue weighted by Gasteiger charge is 2.32. The van der Waals surface area contributed by atoms with Gasteiger partial charge in [0.2, 0.25) is 21.8 Å². The van der Waals surface area contributed by atoms with Crippen molar-refractivity contribution in [3.05, 3.63) is 48.5 Å². The summed E-state index contributed by atoms with van der Waals surface area (Å²) in [6.07, 6.45) is 0. The van der Waals surface area contributed by atoms with Crippen molar-refractivity contribution in [1.82, 2.24) is 9.21 Å². The van der Waals surface area contributed by atoms with Crippen LogP contribution in [-0.4, -0.2) is 94.2 Å². The third-order valence-corrected chi connectivity index (χ3v) is 9.47. The van der Waals surface area contributed by atoms with Gasteiger partial charge in [-0.25, -0.2) is 8.42 Å². The second kappa shape index (κ2) is 10.2. The average molecular weight is 517 g/mol. The number of sulfonamides is 1. The number of nitrogens with zero attached hydrogens (tertiary/aromatic N) is 4. The molecule has 0 radical (unpaired) electrons. The molecule has 2 amide bonds. The van der Waals surface area contributed by atoms with Crippen LogP contribution in [0.4, 0.5) is 11.4 Å². The van der Waals surface area contributed by atoms with E-state index >= 15 is 0 Å². The SMILES string of the molecule is O=C(CN1C(=O)CSc2ccc(S(=O)(=O)N3CCOCC3)cc21)N1CCN(c2ccccc2)CC1. The van der Waals surface area contributed by atoms with E-state index in [0.717, 1.165) is 23.7 Å². The molecule has 9 nitrogen and oxygen atoms in total. The molecule has 0 unspecified atom stereocenters. The van der Waals surface area contributed by atoms with Crippen molar-refractivity contribution in [3.63, 3.8) is 0 Å². The van der Waals surface area contributed by atoms with Gasteiger partial charge in [-0.15, -0.1) is 11.8 Å². The topological polar surface area (TPSA) is 90.5 Å². The lowest BCUT2D eigenvalue weighted by molar-refractivity contribution is -0.131. The van der Waals surface area contributed by atoms with Gasteiger partial charge in [-0.05, 0) is 30.3 Å². The summed E-state index contributed by atoms with van der Waals surface area (Å²) in [4.78, 5) is 32.4. The van der Waals surface area contributed by atoms with Crippen molar-refractivity contribution < 1.29 is 22.7 Å². The molecule has 0 atom stereocenters. The van der Waals surface area contributed by atoms with Gasteiger partial charge < -0.3 is 19.4 Å².